The van der Waals surface area contributed by atoms with Gasteiger partial charge in [0.15, 0.2) is 0 Å². The van der Waals surface area contributed by atoms with Crippen LogP contribution >= 0.6 is 37.2 Å². The summed E-state index contributed by atoms with van der Waals surface area (Å²) in [5.41, 5.74) is 1.42. The molecule has 1 aromatic rings. The Bertz CT molecular complexity index is 705. The molecule has 2 saturated heterocycles. The lowest BCUT2D eigenvalue weighted by molar-refractivity contribution is -0.121. The zero-order chi connectivity index (χ0) is 22.2. The van der Waals surface area contributed by atoms with Gasteiger partial charge < -0.3 is 15.5 Å². The highest BCUT2D eigenvalue weighted by Crippen LogP contribution is 2.31. The van der Waals surface area contributed by atoms with Crippen LogP contribution in [-0.4, -0.2) is 67.6 Å². The van der Waals surface area contributed by atoms with Crippen LogP contribution in [0, 0.1) is 11.8 Å². The molecule has 0 spiro atoms. The highest BCUT2D eigenvalue weighted by Gasteiger charge is 2.36. The van der Waals surface area contributed by atoms with E-state index < -0.39 is 0 Å². The minimum atomic E-state index is 0. The van der Waals surface area contributed by atoms with Gasteiger partial charge >= 0.3 is 0 Å². The van der Waals surface area contributed by atoms with E-state index in [-0.39, 0.29) is 43.1 Å². The van der Waals surface area contributed by atoms with Crippen molar-refractivity contribution in [3.05, 3.63) is 35.9 Å². The summed E-state index contributed by atoms with van der Waals surface area (Å²) < 4.78 is 0. The Morgan fingerprint density at radius 3 is 2.57 bits per heavy atom. The number of piperidine rings is 2. The van der Waals surface area contributed by atoms with E-state index in [0.717, 1.165) is 56.9 Å². The molecule has 1 amide bonds. The summed E-state index contributed by atoms with van der Waals surface area (Å²) >= 11 is 0. The molecule has 2 N–H and O–H groups in total. The van der Waals surface area contributed by atoms with Crippen molar-refractivity contribution in [1.29, 1.82) is 0 Å². The van der Waals surface area contributed by atoms with E-state index in [1.165, 1.54) is 57.2 Å². The number of fused-ring (bicyclic) bond motifs is 2. The third-order valence-electron chi connectivity index (χ3n) is 8.04. The van der Waals surface area contributed by atoms with Crippen molar-refractivity contribution in [3.63, 3.8) is 0 Å². The monoisotopic (exact) mass is 548 g/mol. The average Bonchev–Trinajstić information content (AvgIpc) is 2.82. The van der Waals surface area contributed by atoms with Gasteiger partial charge in [0, 0.05) is 51.2 Å². The van der Waals surface area contributed by atoms with Gasteiger partial charge in [0.25, 0.3) is 0 Å². The summed E-state index contributed by atoms with van der Waals surface area (Å²) in [6.07, 6.45) is 10.9. The number of nitrogens with zero attached hydrogens (tertiary/aromatic N) is 2. The highest BCUT2D eigenvalue weighted by molar-refractivity contribution is 5.86. The van der Waals surface area contributed by atoms with Gasteiger partial charge in [0.2, 0.25) is 5.91 Å². The number of rotatable bonds is 10. The lowest BCUT2D eigenvalue weighted by atomic mass is 9.79. The molecule has 3 aliphatic rings. The quantitative estimate of drug-likeness (QED) is 0.435. The maximum absolute atomic E-state index is 12.4. The molecule has 1 aliphatic carbocycles. The number of hydrogen-bond donors (Lipinski definition) is 2. The van der Waals surface area contributed by atoms with E-state index >= 15 is 0 Å². The smallest absolute Gasteiger partial charge is 0.220 e. The van der Waals surface area contributed by atoms with E-state index in [9.17, 15) is 4.79 Å². The van der Waals surface area contributed by atoms with E-state index in [4.69, 9.17) is 0 Å². The minimum Gasteiger partial charge on any atom is -0.355 e. The van der Waals surface area contributed by atoms with E-state index in [1.807, 2.05) is 0 Å². The fourth-order valence-corrected chi connectivity index (χ4v) is 6.23. The van der Waals surface area contributed by atoms with Crippen LogP contribution in [-0.2, 0) is 11.3 Å². The third kappa shape index (κ3) is 10.4. The molecule has 3 fully saturated rings. The summed E-state index contributed by atoms with van der Waals surface area (Å²) in [5, 5.41) is 6.97. The minimum absolute atomic E-state index is 0. The molecule has 202 valence electrons. The first kappa shape index (κ1) is 32.5. The molecular formula is C27H47Cl3N4O. The van der Waals surface area contributed by atoms with Crippen LogP contribution in [0.2, 0.25) is 0 Å². The van der Waals surface area contributed by atoms with E-state index in [2.05, 4.69) is 57.8 Å². The second-order valence-corrected chi connectivity index (χ2v) is 10.6. The van der Waals surface area contributed by atoms with Crippen molar-refractivity contribution < 1.29 is 4.79 Å². The van der Waals surface area contributed by atoms with Crippen molar-refractivity contribution in [2.45, 2.75) is 76.4 Å². The van der Waals surface area contributed by atoms with Crippen molar-refractivity contribution in [2.24, 2.45) is 11.8 Å². The molecule has 1 aromatic carbocycles. The van der Waals surface area contributed by atoms with Crippen molar-refractivity contribution >= 4 is 43.1 Å². The molecule has 8 heteroatoms. The Labute approximate surface area is 231 Å². The molecule has 0 radical (unpaired) electrons. The van der Waals surface area contributed by atoms with Crippen LogP contribution < -0.4 is 10.6 Å². The molecular weight excluding hydrogens is 503 g/mol. The van der Waals surface area contributed by atoms with Crippen LogP contribution in [0.3, 0.4) is 0 Å². The number of likely N-dealkylation sites (tertiary alicyclic amines) is 1. The number of halogens is 3. The van der Waals surface area contributed by atoms with Crippen LogP contribution in [0.25, 0.3) is 0 Å². The standard InChI is InChI=1S/C27H44N4O.3ClH/c1-30(25-11-6-3-7-12-25)16-15-28-27(32)14-8-13-26-24-17-23(18-29-26)20-31(21-24)19-22-9-4-2-5-10-22;;;/h2,4-5,9-10,23-26,29H,3,6-8,11-21H2,1H3,(H,28,32);3*1H/t23?,24?,26-;;;/m1.../s1. The Morgan fingerprint density at radius 1 is 1.09 bits per heavy atom. The van der Waals surface area contributed by atoms with Crippen molar-refractivity contribution in [1.82, 2.24) is 20.4 Å². The second-order valence-electron chi connectivity index (χ2n) is 10.6. The number of carbonyl (C=O) groups is 1. The largest absolute Gasteiger partial charge is 0.355 e. The van der Waals surface area contributed by atoms with Crippen LogP contribution in [0.4, 0.5) is 0 Å². The maximum Gasteiger partial charge on any atom is 0.220 e. The molecule has 3 atom stereocenters. The molecule has 2 aliphatic heterocycles. The van der Waals surface area contributed by atoms with Crippen molar-refractivity contribution in [3.8, 4) is 0 Å². The summed E-state index contributed by atoms with van der Waals surface area (Å²) in [6.45, 7) is 6.35. The van der Waals surface area contributed by atoms with Gasteiger partial charge in [0.05, 0.1) is 0 Å². The lowest BCUT2D eigenvalue weighted by Crippen LogP contribution is -2.55. The number of nitrogens with one attached hydrogen (secondary N) is 2. The number of carbonyl (C=O) groups excluding carboxylic acids is 1. The molecule has 2 unspecified atom stereocenters. The van der Waals surface area contributed by atoms with Gasteiger partial charge in [-0.25, -0.2) is 0 Å². The number of hydrogen-bond acceptors (Lipinski definition) is 4. The average molecular weight is 550 g/mol. The second kappa shape index (κ2) is 17.0. The first-order valence-electron chi connectivity index (χ1n) is 13.1. The van der Waals surface area contributed by atoms with Crippen molar-refractivity contribution in [2.75, 3.05) is 39.8 Å². The zero-order valence-corrected chi connectivity index (χ0v) is 23.8. The number of benzene rings is 1. The lowest BCUT2D eigenvalue weighted by Gasteiger charge is -2.46. The summed E-state index contributed by atoms with van der Waals surface area (Å²) in [4.78, 5) is 17.5. The first-order valence-corrected chi connectivity index (χ1v) is 13.1. The van der Waals surface area contributed by atoms with Gasteiger partial charge in [-0.2, -0.15) is 0 Å². The molecule has 2 heterocycles. The van der Waals surface area contributed by atoms with E-state index in [1.54, 1.807) is 0 Å². The fraction of sp³-hybridized carbons (Fsp3) is 0.741. The zero-order valence-electron chi connectivity index (χ0n) is 21.3. The Balaban J connectivity index is 0.00000204. The molecule has 35 heavy (non-hydrogen) atoms. The number of likely N-dealkylation sites (N-methyl/N-ethyl adjacent to an activating group) is 1. The summed E-state index contributed by atoms with van der Waals surface area (Å²) in [6, 6.07) is 12.2. The van der Waals surface area contributed by atoms with Gasteiger partial charge in [-0.3, -0.25) is 9.69 Å². The van der Waals surface area contributed by atoms with Gasteiger partial charge in [-0.1, -0.05) is 49.6 Å². The van der Waals surface area contributed by atoms with Crippen LogP contribution in [0.15, 0.2) is 30.3 Å². The summed E-state index contributed by atoms with van der Waals surface area (Å²) in [5.74, 6) is 1.72. The number of amides is 1. The molecule has 4 rings (SSSR count). The third-order valence-corrected chi connectivity index (χ3v) is 8.04. The molecule has 0 aromatic heterocycles. The fourth-order valence-electron chi connectivity index (χ4n) is 6.23. The topological polar surface area (TPSA) is 47.6 Å². The highest BCUT2D eigenvalue weighted by atomic mass is 35.5. The SMILES string of the molecule is CN(CCNC(=O)CCC[C@H]1NCC2CC1CN(Cc1ccccc1)C2)C1CCCCC1.Cl.Cl.Cl. The van der Waals surface area contributed by atoms with Gasteiger partial charge in [-0.05, 0) is 63.1 Å². The van der Waals surface area contributed by atoms with Gasteiger partial charge in [0.1, 0.15) is 0 Å². The normalized spacial score (nSPS) is 24.6. The Morgan fingerprint density at radius 2 is 1.83 bits per heavy atom. The Hall–Kier alpha value is -0.560. The molecule has 2 bridgehead atoms. The first-order chi connectivity index (χ1) is 15.7. The van der Waals surface area contributed by atoms with Crippen LogP contribution in [0.5, 0.6) is 0 Å². The van der Waals surface area contributed by atoms with E-state index in [0.29, 0.717) is 12.5 Å². The predicted molar refractivity (Wildman–Crippen MR) is 153 cm³/mol. The molecule has 1 saturated carbocycles. The Kier molecular flexibility index (Phi) is 15.8. The predicted octanol–water partition coefficient (Wildman–Crippen LogP) is 4.91. The van der Waals surface area contributed by atoms with Gasteiger partial charge in [-0.15, -0.1) is 37.2 Å². The van der Waals surface area contributed by atoms with Crippen LogP contribution in [0.1, 0.15) is 63.4 Å². The summed E-state index contributed by atoms with van der Waals surface area (Å²) in [7, 11) is 2.22. The maximum atomic E-state index is 12.4. The molecule has 5 nitrogen and oxygen atoms in total.